The number of nitrogens with one attached hydrogen (secondary N) is 1. The molecule has 0 saturated heterocycles. The Morgan fingerprint density at radius 3 is 2.85 bits per heavy atom. The van der Waals surface area contributed by atoms with Gasteiger partial charge in [-0.25, -0.2) is 4.39 Å². The van der Waals surface area contributed by atoms with Gasteiger partial charge < -0.3 is 5.32 Å². The number of benzene rings is 1. The molecule has 1 aromatic rings. The number of hydrogen-bond acceptors (Lipinski definition) is 1. The summed E-state index contributed by atoms with van der Waals surface area (Å²) in [5.74, 6) is -0.154. The lowest BCUT2D eigenvalue weighted by atomic mass is 10.1. The van der Waals surface area contributed by atoms with Gasteiger partial charge in [0.2, 0.25) is 0 Å². The molecule has 1 N–H and O–H groups in total. The molecule has 0 unspecified atom stereocenters. The summed E-state index contributed by atoms with van der Waals surface area (Å²) in [7, 11) is 0. The maximum Gasteiger partial charge on any atom is 0.123 e. The molecule has 0 fully saturated rings. The monoisotopic (exact) mass is 181 g/mol. The Morgan fingerprint density at radius 1 is 1.38 bits per heavy atom. The fourth-order valence-electron chi connectivity index (χ4n) is 1.23. The number of halogens is 1. The van der Waals surface area contributed by atoms with Crippen LogP contribution in [0.2, 0.25) is 0 Å². The lowest BCUT2D eigenvalue weighted by Crippen LogP contribution is -2.14. The van der Waals surface area contributed by atoms with Gasteiger partial charge in [0.15, 0.2) is 0 Å². The molecule has 0 bridgehead atoms. The fourth-order valence-corrected chi connectivity index (χ4v) is 1.23. The Morgan fingerprint density at radius 2 is 2.15 bits per heavy atom. The lowest BCUT2D eigenvalue weighted by Gasteiger charge is -2.06. The summed E-state index contributed by atoms with van der Waals surface area (Å²) in [4.78, 5) is 0. The van der Waals surface area contributed by atoms with E-state index in [1.807, 2.05) is 13.0 Å². The molecular weight excluding hydrogens is 165 g/mol. The number of aryl methyl sites for hydroxylation is 1. The van der Waals surface area contributed by atoms with Crippen LogP contribution in [0, 0.1) is 12.7 Å². The third-order valence-electron chi connectivity index (χ3n) is 2.05. The van der Waals surface area contributed by atoms with E-state index in [-0.39, 0.29) is 5.82 Å². The zero-order valence-electron chi connectivity index (χ0n) is 8.23. The molecule has 72 valence electrons. The zero-order chi connectivity index (χ0) is 9.68. The summed E-state index contributed by atoms with van der Waals surface area (Å²) < 4.78 is 12.8. The topological polar surface area (TPSA) is 12.0 Å². The molecule has 0 saturated carbocycles. The first-order chi connectivity index (χ1) is 6.24. The van der Waals surface area contributed by atoms with Gasteiger partial charge in [-0.15, -0.1) is 0 Å². The quantitative estimate of drug-likeness (QED) is 0.704. The average molecular weight is 181 g/mol. The van der Waals surface area contributed by atoms with Crippen molar-refractivity contribution in [3.8, 4) is 0 Å². The first kappa shape index (κ1) is 10.2. The Hall–Kier alpha value is -0.890. The van der Waals surface area contributed by atoms with Crippen LogP contribution < -0.4 is 5.32 Å². The highest BCUT2D eigenvalue weighted by atomic mass is 19.1. The summed E-state index contributed by atoms with van der Waals surface area (Å²) in [5.41, 5.74) is 2.19. The van der Waals surface area contributed by atoms with E-state index in [0.717, 1.165) is 30.6 Å². The first-order valence-corrected chi connectivity index (χ1v) is 4.69. The Balaban J connectivity index is 2.59. The molecule has 0 atom stereocenters. The molecule has 0 aromatic heterocycles. The second kappa shape index (κ2) is 4.97. The molecule has 0 aliphatic rings. The van der Waals surface area contributed by atoms with Gasteiger partial charge in [-0.05, 0) is 43.1 Å². The fraction of sp³-hybridized carbons (Fsp3) is 0.455. The van der Waals surface area contributed by atoms with Crippen LogP contribution in [0.25, 0.3) is 0 Å². The minimum absolute atomic E-state index is 0.154. The van der Waals surface area contributed by atoms with Crippen LogP contribution in [0.3, 0.4) is 0 Å². The maximum atomic E-state index is 12.8. The molecular formula is C11H16FN. The molecule has 0 aliphatic carbocycles. The standard InChI is InChI=1S/C11H16FN/c1-3-6-13-8-10-7-11(12)5-4-9(10)2/h4-5,7,13H,3,6,8H2,1-2H3. The van der Waals surface area contributed by atoms with Crippen molar-refractivity contribution in [3.05, 3.63) is 35.1 Å². The van der Waals surface area contributed by atoms with Crippen molar-refractivity contribution < 1.29 is 4.39 Å². The van der Waals surface area contributed by atoms with Gasteiger partial charge in [0.05, 0.1) is 0 Å². The van der Waals surface area contributed by atoms with Crippen molar-refractivity contribution in [2.75, 3.05) is 6.54 Å². The van der Waals surface area contributed by atoms with Crippen LogP contribution in [-0.2, 0) is 6.54 Å². The van der Waals surface area contributed by atoms with Crippen LogP contribution in [0.4, 0.5) is 4.39 Å². The van der Waals surface area contributed by atoms with Crippen LogP contribution in [-0.4, -0.2) is 6.54 Å². The van der Waals surface area contributed by atoms with Crippen molar-refractivity contribution in [1.29, 1.82) is 0 Å². The zero-order valence-corrected chi connectivity index (χ0v) is 8.23. The summed E-state index contributed by atoms with van der Waals surface area (Å²) in [6.45, 7) is 5.86. The molecule has 1 rings (SSSR count). The summed E-state index contributed by atoms with van der Waals surface area (Å²) in [6.07, 6.45) is 1.11. The number of rotatable bonds is 4. The number of hydrogen-bond donors (Lipinski definition) is 1. The summed E-state index contributed by atoms with van der Waals surface area (Å²) in [5, 5.41) is 3.25. The second-order valence-corrected chi connectivity index (χ2v) is 3.25. The Labute approximate surface area is 79.0 Å². The van der Waals surface area contributed by atoms with Crippen LogP contribution in [0.5, 0.6) is 0 Å². The van der Waals surface area contributed by atoms with Crippen molar-refractivity contribution in [1.82, 2.24) is 5.32 Å². The third-order valence-corrected chi connectivity index (χ3v) is 2.05. The van der Waals surface area contributed by atoms with E-state index in [0.29, 0.717) is 0 Å². The first-order valence-electron chi connectivity index (χ1n) is 4.69. The Bertz CT molecular complexity index is 271. The minimum atomic E-state index is -0.154. The van der Waals surface area contributed by atoms with Gasteiger partial charge in [-0.2, -0.15) is 0 Å². The van der Waals surface area contributed by atoms with E-state index >= 15 is 0 Å². The predicted octanol–water partition coefficient (Wildman–Crippen LogP) is 2.63. The van der Waals surface area contributed by atoms with Gasteiger partial charge in [-0.3, -0.25) is 0 Å². The molecule has 0 amide bonds. The van der Waals surface area contributed by atoms with Crippen molar-refractivity contribution in [2.45, 2.75) is 26.8 Å². The van der Waals surface area contributed by atoms with Crippen LogP contribution >= 0.6 is 0 Å². The molecule has 0 aliphatic heterocycles. The van der Waals surface area contributed by atoms with E-state index in [1.54, 1.807) is 6.07 Å². The molecule has 1 aromatic carbocycles. The normalized spacial score (nSPS) is 10.4. The Kier molecular flexibility index (Phi) is 3.90. The van der Waals surface area contributed by atoms with E-state index in [1.165, 1.54) is 6.07 Å². The maximum absolute atomic E-state index is 12.8. The highest BCUT2D eigenvalue weighted by Gasteiger charge is 1.98. The second-order valence-electron chi connectivity index (χ2n) is 3.25. The average Bonchev–Trinajstić information content (AvgIpc) is 2.11. The van der Waals surface area contributed by atoms with Gasteiger partial charge in [0, 0.05) is 6.54 Å². The smallest absolute Gasteiger partial charge is 0.123 e. The van der Waals surface area contributed by atoms with Gasteiger partial charge >= 0.3 is 0 Å². The van der Waals surface area contributed by atoms with E-state index < -0.39 is 0 Å². The highest BCUT2D eigenvalue weighted by molar-refractivity contribution is 5.26. The highest BCUT2D eigenvalue weighted by Crippen LogP contribution is 2.09. The SMILES string of the molecule is CCCNCc1cc(F)ccc1C. The van der Waals surface area contributed by atoms with E-state index in [4.69, 9.17) is 0 Å². The molecule has 0 heterocycles. The van der Waals surface area contributed by atoms with Gasteiger partial charge in [0.25, 0.3) is 0 Å². The molecule has 1 nitrogen and oxygen atoms in total. The summed E-state index contributed by atoms with van der Waals surface area (Å²) in [6, 6.07) is 4.91. The van der Waals surface area contributed by atoms with Gasteiger partial charge in [0.1, 0.15) is 5.82 Å². The molecule has 2 heteroatoms. The van der Waals surface area contributed by atoms with E-state index in [9.17, 15) is 4.39 Å². The minimum Gasteiger partial charge on any atom is -0.313 e. The van der Waals surface area contributed by atoms with Crippen molar-refractivity contribution in [2.24, 2.45) is 0 Å². The molecule has 13 heavy (non-hydrogen) atoms. The van der Waals surface area contributed by atoms with Crippen molar-refractivity contribution in [3.63, 3.8) is 0 Å². The van der Waals surface area contributed by atoms with Crippen LogP contribution in [0.1, 0.15) is 24.5 Å². The van der Waals surface area contributed by atoms with E-state index in [2.05, 4.69) is 12.2 Å². The lowest BCUT2D eigenvalue weighted by molar-refractivity contribution is 0.618. The third kappa shape index (κ3) is 3.15. The van der Waals surface area contributed by atoms with Crippen LogP contribution in [0.15, 0.2) is 18.2 Å². The molecule has 0 radical (unpaired) electrons. The van der Waals surface area contributed by atoms with Gasteiger partial charge in [-0.1, -0.05) is 13.0 Å². The molecule has 0 spiro atoms. The predicted molar refractivity (Wildman–Crippen MR) is 53.1 cm³/mol. The van der Waals surface area contributed by atoms with Crippen molar-refractivity contribution >= 4 is 0 Å². The largest absolute Gasteiger partial charge is 0.313 e. The summed E-state index contributed by atoms with van der Waals surface area (Å²) >= 11 is 0.